The lowest BCUT2D eigenvalue weighted by Crippen LogP contribution is -2.41. The van der Waals surface area contributed by atoms with Gasteiger partial charge in [0.05, 0.1) is 17.9 Å². The van der Waals surface area contributed by atoms with Crippen LogP contribution in [0.3, 0.4) is 0 Å². The van der Waals surface area contributed by atoms with E-state index in [-0.39, 0.29) is 18.6 Å². The summed E-state index contributed by atoms with van der Waals surface area (Å²) < 4.78 is 29.0. The van der Waals surface area contributed by atoms with E-state index in [1.807, 2.05) is 24.3 Å². The van der Waals surface area contributed by atoms with E-state index in [9.17, 15) is 13.2 Å². The summed E-state index contributed by atoms with van der Waals surface area (Å²) >= 11 is 0. The zero-order valence-corrected chi connectivity index (χ0v) is 14.0. The van der Waals surface area contributed by atoms with Crippen molar-refractivity contribution in [1.82, 2.24) is 10.2 Å². The number of benzene rings is 1. The maximum absolute atomic E-state index is 12.5. The molecule has 6 nitrogen and oxygen atoms in total. The zero-order valence-electron chi connectivity index (χ0n) is 13.2. The molecule has 0 radical (unpaired) electrons. The number of carbonyl (C=O) groups is 1. The Morgan fingerprint density at radius 1 is 1.30 bits per heavy atom. The van der Waals surface area contributed by atoms with E-state index in [1.165, 1.54) is 6.26 Å². The molecule has 3 rings (SSSR count). The number of para-hydroxylation sites is 1. The molecular weight excluding hydrogens is 316 g/mol. The minimum atomic E-state index is -3.10. The summed E-state index contributed by atoms with van der Waals surface area (Å²) in [6, 6.07) is 7.43. The predicted octanol–water partition coefficient (Wildman–Crippen LogP) is 1.73. The Bertz CT molecular complexity index is 689. The fraction of sp³-hybridized carbons (Fsp3) is 0.562. The quantitative estimate of drug-likeness (QED) is 0.891. The van der Waals surface area contributed by atoms with Gasteiger partial charge in [-0.3, -0.25) is 0 Å². The highest BCUT2D eigenvalue weighted by molar-refractivity contribution is 7.91. The molecule has 1 saturated heterocycles. The molecule has 2 aliphatic heterocycles. The number of ether oxygens (including phenoxy) is 1. The molecule has 0 saturated carbocycles. The topological polar surface area (TPSA) is 75.7 Å². The third kappa shape index (κ3) is 3.60. The molecule has 126 valence electrons. The van der Waals surface area contributed by atoms with Crippen LogP contribution in [-0.4, -0.2) is 50.6 Å². The van der Waals surface area contributed by atoms with Gasteiger partial charge in [-0.25, -0.2) is 13.2 Å². The van der Waals surface area contributed by atoms with Crippen molar-refractivity contribution in [2.24, 2.45) is 0 Å². The van der Waals surface area contributed by atoms with Crippen LogP contribution in [0.1, 0.15) is 30.9 Å². The molecule has 0 aromatic heterocycles. The van der Waals surface area contributed by atoms with E-state index in [0.29, 0.717) is 19.6 Å². The van der Waals surface area contributed by atoms with Crippen LogP contribution < -0.4 is 10.1 Å². The minimum Gasteiger partial charge on any atom is -0.493 e. The molecule has 0 spiro atoms. The van der Waals surface area contributed by atoms with Crippen molar-refractivity contribution in [3.63, 3.8) is 0 Å². The van der Waals surface area contributed by atoms with Gasteiger partial charge in [0.2, 0.25) is 0 Å². The van der Waals surface area contributed by atoms with Crippen LogP contribution in [0.4, 0.5) is 4.79 Å². The average molecular weight is 338 g/mol. The molecule has 2 atom stereocenters. The van der Waals surface area contributed by atoms with Crippen molar-refractivity contribution in [2.45, 2.75) is 30.6 Å². The molecule has 0 unspecified atom stereocenters. The molecule has 1 N–H and O–H groups in total. The van der Waals surface area contributed by atoms with Crippen molar-refractivity contribution in [3.05, 3.63) is 29.8 Å². The van der Waals surface area contributed by atoms with Gasteiger partial charge < -0.3 is 15.0 Å². The Morgan fingerprint density at radius 2 is 2.09 bits per heavy atom. The Hall–Kier alpha value is -1.76. The summed E-state index contributed by atoms with van der Waals surface area (Å²) in [5.41, 5.74) is 0.984. The summed E-state index contributed by atoms with van der Waals surface area (Å²) in [4.78, 5) is 14.1. The summed E-state index contributed by atoms with van der Waals surface area (Å²) in [5, 5.41) is 2.59. The van der Waals surface area contributed by atoms with Crippen molar-refractivity contribution in [3.8, 4) is 5.75 Å². The molecule has 0 aliphatic carbocycles. The molecule has 1 fully saturated rings. The zero-order chi connectivity index (χ0) is 16.4. The number of carbonyl (C=O) groups excluding carboxylic acids is 1. The molecule has 0 bridgehead atoms. The van der Waals surface area contributed by atoms with Gasteiger partial charge in [0.15, 0.2) is 9.84 Å². The Balaban J connectivity index is 1.69. The van der Waals surface area contributed by atoms with Gasteiger partial charge in [-0.2, -0.15) is 0 Å². The second kappa shape index (κ2) is 6.39. The first-order chi connectivity index (χ1) is 10.9. The van der Waals surface area contributed by atoms with Crippen molar-refractivity contribution in [2.75, 3.05) is 26.0 Å². The van der Waals surface area contributed by atoms with Crippen molar-refractivity contribution >= 4 is 15.9 Å². The van der Waals surface area contributed by atoms with Crippen molar-refractivity contribution < 1.29 is 17.9 Å². The molecule has 1 aromatic carbocycles. The fourth-order valence-corrected chi connectivity index (χ4v) is 4.16. The van der Waals surface area contributed by atoms with Crippen LogP contribution in [0.2, 0.25) is 0 Å². The van der Waals surface area contributed by atoms with E-state index >= 15 is 0 Å². The molecule has 2 heterocycles. The maximum Gasteiger partial charge on any atom is 0.317 e. The molecule has 7 heteroatoms. The lowest BCUT2D eigenvalue weighted by atomic mass is 10.0. The molecular formula is C16H22N2O4S. The van der Waals surface area contributed by atoms with E-state index in [4.69, 9.17) is 4.74 Å². The number of nitrogens with zero attached hydrogens (tertiary/aromatic N) is 1. The van der Waals surface area contributed by atoms with E-state index in [2.05, 4.69) is 5.32 Å². The van der Waals surface area contributed by atoms with Crippen LogP contribution in [0.15, 0.2) is 24.3 Å². The number of amides is 2. The first-order valence-electron chi connectivity index (χ1n) is 7.91. The number of fused-ring (bicyclic) bond motifs is 1. The summed E-state index contributed by atoms with van der Waals surface area (Å²) in [5.74, 6) is 0.811. The largest absolute Gasteiger partial charge is 0.493 e. The van der Waals surface area contributed by atoms with Gasteiger partial charge in [-0.05, 0) is 25.3 Å². The van der Waals surface area contributed by atoms with Crippen LogP contribution >= 0.6 is 0 Å². The minimum absolute atomic E-state index is 0.0986. The van der Waals surface area contributed by atoms with E-state index in [0.717, 1.165) is 24.2 Å². The summed E-state index contributed by atoms with van der Waals surface area (Å²) in [6.45, 7) is 1.40. The smallest absolute Gasteiger partial charge is 0.317 e. The number of hydrogen-bond acceptors (Lipinski definition) is 4. The van der Waals surface area contributed by atoms with Gasteiger partial charge in [0, 0.05) is 24.9 Å². The third-order valence-corrected chi connectivity index (χ3v) is 6.12. The van der Waals surface area contributed by atoms with Gasteiger partial charge >= 0.3 is 6.03 Å². The normalized spacial score (nSPS) is 24.5. The fourth-order valence-electron chi connectivity index (χ4n) is 3.18. The van der Waals surface area contributed by atoms with Crippen LogP contribution in [0, 0.1) is 0 Å². The molecule has 23 heavy (non-hydrogen) atoms. The van der Waals surface area contributed by atoms with Gasteiger partial charge in [-0.1, -0.05) is 18.2 Å². The average Bonchev–Trinajstić information content (AvgIpc) is 2.93. The molecule has 1 aromatic rings. The van der Waals surface area contributed by atoms with Crippen LogP contribution in [0.25, 0.3) is 0 Å². The number of likely N-dealkylation sites (tertiary alicyclic amines) is 1. The lowest BCUT2D eigenvalue weighted by Gasteiger charge is -2.23. The highest BCUT2D eigenvalue weighted by Crippen LogP contribution is 2.31. The van der Waals surface area contributed by atoms with E-state index < -0.39 is 15.1 Å². The van der Waals surface area contributed by atoms with Crippen molar-refractivity contribution in [1.29, 1.82) is 0 Å². The predicted molar refractivity (Wildman–Crippen MR) is 87.3 cm³/mol. The Kier molecular flexibility index (Phi) is 4.48. The Labute approximate surface area is 136 Å². The second-order valence-electron chi connectivity index (χ2n) is 6.22. The summed E-state index contributed by atoms with van der Waals surface area (Å²) in [6.07, 6.45) is 3.42. The number of nitrogens with one attached hydrogen (secondary N) is 1. The highest BCUT2D eigenvalue weighted by atomic mass is 32.2. The maximum atomic E-state index is 12.5. The standard InChI is InChI=1S/C16H22N2O4S/c1-23(20,21)12-8-9-18(11-12)16(19)17-14-6-4-10-22-15-7-3-2-5-13(14)15/h2-3,5,7,12,14H,4,6,8-11H2,1H3,(H,17,19)/t12-,14-/m1/s1. The molecule has 2 amide bonds. The highest BCUT2D eigenvalue weighted by Gasteiger charge is 2.33. The van der Waals surface area contributed by atoms with Crippen LogP contribution in [0.5, 0.6) is 5.75 Å². The number of sulfone groups is 1. The molecule has 2 aliphatic rings. The van der Waals surface area contributed by atoms with Gasteiger partial charge in [0.1, 0.15) is 5.75 Å². The van der Waals surface area contributed by atoms with Gasteiger partial charge in [0.25, 0.3) is 0 Å². The SMILES string of the molecule is CS(=O)(=O)[C@@H]1CCN(C(=O)N[C@@H]2CCCOc3ccccc32)C1. The Morgan fingerprint density at radius 3 is 2.83 bits per heavy atom. The number of rotatable bonds is 2. The van der Waals surface area contributed by atoms with Gasteiger partial charge in [-0.15, -0.1) is 0 Å². The first kappa shape index (κ1) is 16.1. The first-order valence-corrected chi connectivity index (χ1v) is 9.86. The van der Waals surface area contributed by atoms with Crippen LogP contribution in [-0.2, 0) is 9.84 Å². The lowest BCUT2D eigenvalue weighted by molar-refractivity contribution is 0.204. The third-order valence-electron chi connectivity index (χ3n) is 4.52. The number of urea groups is 1. The second-order valence-corrected chi connectivity index (χ2v) is 8.54. The monoisotopic (exact) mass is 338 g/mol. The number of hydrogen-bond donors (Lipinski definition) is 1. The summed E-state index contributed by atoms with van der Waals surface area (Å²) in [7, 11) is -3.10. The van der Waals surface area contributed by atoms with E-state index in [1.54, 1.807) is 4.90 Å².